The topological polar surface area (TPSA) is 44.0 Å². The minimum absolute atomic E-state index is 0.0331. The Morgan fingerprint density at radius 2 is 1.77 bits per heavy atom. The molecule has 0 aromatic rings. The van der Waals surface area contributed by atoms with Crippen molar-refractivity contribution in [3.05, 3.63) is 0 Å². The van der Waals surface area contributed by atoms with E-state index in [9.17, 15) is 5.11 Å². The van der Waals surface area contributed by atoms with Gasteiger partial charge >= 0.3 is 0 Å². The molecule has 0 fully saturated rings. The molecule has 0 spiro atoms. The molecule has 0 radical (unpaired) electrons. The molecule has 2 nitrogen and oxygen atoms in total. The Morgan fingerprint density at radius 1 is 1.31 bits per heavy atom. The van der Waals surface area contributed by atoms with E-state index in [2.05, 4.69) is 6.07 Å². The predicted molar refractivity (Wildman–Crippen MR) is 54.0 cm³/mol. The average molecular weight is 183 g/mol. The second-order valence-electron chi connectivity index (χ2n) is 5.10. The molecule has 0 aromatic heterocycles. The first-order chi connectivity index (χ1) is 5.79. The predicted octanol–water partition coefficient (Wildman–Crippen LogP) is 2.58. The number of hydrogen-bond acceptors (Lipinski definition) is 2. The van der Waals surface area contributed by atoms with Gasteiger partial charge in [-0.25, -0.2) is 0 Å². The summed E-state index contributed by atoms with van der Waals surface area (Å²) in [6.45, 7) is 10.0. The minimum atomic E-state index is -0.389. The molecule has 0 amide bonds. The maximum absolute atomic E-state index is 9.78. The van der Waals surface area contributed by atoms with Gasteiger partial charge in [0.05, 0.1) is 18.1 Å². The Bertz CT molecular complexity index is 185. The molecule has 0 aromatic carbocycles. The first-order valence-corrected chi connectivity index (χ1v) is 4.86. The van der Waals surface area contributed by atoms with Crippen molar-refractivity contribution in [2.24, 2.45) is 17.3 Å². The number of aliphatic hydroxyl groups excluding tert-OH is 1. The Hall–Kier alpha value is -0.550. The van der Waals surface area contributed by atoms with Gasteiger partial charge in [-0.2, -0.15) is 5.26 Å². The summed E-state index contributed by atoms with van der Waals surface area (Å²) in [4.78, 5) is 0. The van der Waals surface area contributed by atoms with Crippen LogP contribution in [0.4, 0.5) is 0 Å². The van der Waals surface area contributed by atoms with Crippen LogP contribution in [-0.2, 0) is 0 Å². The fraction of sp³-hybridized carbons (Fsp3) is 0.909. The number of aliphatic hydroxyl groups is 1. The Balaban J connectivity index is 4.20. The van der Waals surface area contributed by atoms with Crippen LogP contribution >= 0.6 is 0 Å². The van der Waals surface area contributed by atoms with Gasteiger partial charge in [0.2, 0.25) is 0 Å². The van der Waals surface area contributed by atoms with E-state index in [1.165, 1.54) is 0 Å². The van der Waals surface area contributed by atoms with Crippen molar-refractivity contribution in [3.8, 4) is 6.07 Å². The van der Waals surface area contributed by atoms with E-state index >= 15 is 0 Å². The van der Waals surface area contributed by atoms with Gasteiger partial charge in [0.25, 0.3) is 0 Å². The van der Waals surface area contributed by atoms with Gasteiger partial charge in [0.1, 0.15) is 0 Å². The lowest BCUT2D eigenvalue weighted by atomic mass is 9.81. The SMILES string of the molecule is CC(C)[C@@H](C#N)C[C@H](O)C(C)(C)C. The first kappa shape index (κ1) is 12.4. The Labute approximate surface area is 81.6 Å². The van der Waals surface area contributed by atoms with E-state index in [4.69, 9.17) is 5.26 Å². The summed E-state index contributed by atoms with van der Waals surface area (Å²) < 4.78 is 0. The highest BCUT2D eigenvalue weighted by Gasteiger charge is 2.26. The van der Waals surface area contributed by atoms with E-state index < -0.39 is 0 Å². The van der Waals surface area contributed by atoms with E-state index in [0.29, 0.717) is 12.3 Å². The zero-order chi connectivity index (χ0) is 10.6. The summed E-state index contributed by atoms with van der Waals surface area (Å²) >= 11 is 0. The summed E-state index contributed by atoms with van der Waals surface area (Å²) in [6.07, 6.45) is 0.192. The molecule has 76 valence electrons. The summed E-state index contributed by atoms with van der Waals surface area (Å²) in [6, 6.07) is 2.24. The molecule has 0 saturated carbocycles. The van der Waals surface area contributed by atoms with E-state index in [-0.39, 0.29) is 17.4 Å². The molecule has 0 aliphatic heterocycles. The third kappa shape index (κ3) is 4.28. The van der Waals surface area contributed by atoms with Crippen LogP contribution in [0.1, 0.15) is 41.0 Å². The number of rotatable bonds is 3. The molecule has 1 N–H and O–H groups in total. The highest BCUT2D eigenvalue weighted by molar-refractivity contribution is 4.89. The lowest BCUT2D eigenvalue weighted by molar-refractivity contribution is 0.0422. The van der Waals surface area contributed by atoms with E-state index in [1.54, 1.807) is 0 Å². The van der Waals surface area contributed by atoms with Gasteiger partial charge in [0, 0.05) is 0 Å². The largest absolute Gasteiger partial charge is 0.393 e. The Morgan fingerprint density at radius 3 is 2.00 bits per heavy atom. The second kappa shape index (κ2) is 4.62. The zero-order valence-electron chi connectivity index (χ0n) is 9.33. The fourth-order valence-corrected chi connectivity index (χ4v) is 1.07. The van der Waals surface area contributed by atoms with Crippen molar-refractivity contribution in [3.63, 3.8) is 0 Å². The van der Waals surface area contributed by atoms with Gasteiger partial charge in [-0.3, -0.25) is 0 Å². The maximum Gasteiger partial charge on any atom is 0.0659 e. The van der Waals surface area contributed by atoms with Crippen molar-refractivity contribution >= 4 is 0 Å². The van der Waals surface area contributed by atoms with Crippen LogP contribution in [0.2, 0.25) is 0 Å². The van der Waals surface area contributed by atoms with Crippen molar-refractivity contribution < 1.29 is 5.11 Å². The monoisotopic (exact) mass is 183 g/mol. The highest BCUT2D eigenvalue weighted by atomic mass is 16.3. The van der Waals surface area contributed by atoms with Gasteiger partial charge in [0.15, 0.2) is 0 Å². The number of nitriles is 1. The van der Waals surface area contributed by atoms with Crippen LogP contribution in [-0.4, -0.2) is 11.2 Å². The van der Waals surface area contributed by atoms with Gasteiger partial charge in [-0.15, -0.1) is 0 Å². The molecular weight excluding hydrogens is 162 g/mol. The van der Waals surface area contributed by atoms with Crippen LogP contribution in [0.25, 0.3) is 0 Å². The quantitative estimate of drug-likeness (QED) is 0.730. The summed E-state index contributed by atoms with van der Waals surface area (Å²) in [5.41, 5.74) is -0.121. The fourth-order valence-electron chi connectivity index (χ4n) is 1.07. The molecule has 0 aliphatic rings. The molecule has 0 saturated heterocycles. The standard InChI is InChI=1S/C11H21NO/c1-8(2)9(7-12)6-10(13)11(3,4)5/h8-10,13H,6H2,1-5H3/t9-,10+/m1/s1. The summed E-state index contributed by atoms with van der Waals surface area (Å²) in [5.74, 6) is 0.288. The molecule has 0 aliphatic carbocycles. The van der Waals surface area contributed by atoms with Crippen LogP contribution < -0.4 is 0 Å². The van der Waals surface area contributed by atoms with Crippen LogP contribution in [0.3, 0.4) is 0 Å². The number of hydrogen-bond donors (Lipinski definition) is 1. The molecule has 0 unspecified atom stereocenters. The van der Waals surface area contributed by atoms with Crippen molar-refractivity contribution in [1.29, 1.82) is 5.26 Å². The van der Waals surface area contributed by atoms with E-state index in [1.807, 2.05) is 34.6 Å². The third-order valence-corrected chi connectivity index (χ3v) is 2.45. The smallest absolute Gasteiger partial charge is 0.0659 e. The van der Waals surface area contributed by atoms with Gasteiger partial charge in [-0.05, 0) is 17.8 Å². The molecule has 0 rings (SSSR count). The normalized spacial score (nSPS) is 16.8. The van der Waals surface area contributed by atoms with E-state index in [0.717, 1.165) is 0 Å². The maximum atomic E-state index is 9.78. The molecule has 2 heteroatoms. The van der Waals surface area contributed by atoms with Crippen LogP contribution in [0.15, 0.2) is 0 Å². The Kier molecular flexibility index (Phi) is 4.43. The average Bonchev–Trinajstić information content (AvgIpc) is 1.96. The molecule has 13 heavy (non-hydrogen) atoms. The molecule has 0 bridgehead atoms. The lowest BCUT2D eigenvalue weighted by Crippen LogP contribution is -2.29. The first-order valence-electron chi connectivity index (χ1n) is 4.86. The van der Waals surface area contributed by atoms with Crippen molar-refractivity contribution in [2.45, 2.75) is 47.1 Å². The van der Waals surface area contributed by atoms with Crippen molar-refractivity contribution in [1.82, 2.24) is 0 Å². The second-order valence-corrected chi connectivity index (χ2v) is 5.10. The molecule has 2 atom stereocenters. The van der Waals surface area contributed by atoms with Crippen LogP contribution in [0.5, 0.6) is 0 Å². The lowest BCUT2D eigenvalue weighted by Gasteiger charge is -2.28. The van der Waals surface area contributed by atoms with Gasteiger partial charge < -0.3 is 5.11 Å². The van der Waals surface area contributed by atoms with Crippen LogP contribution in [0, 0.1) is 28.6 Å². The third-order valence-electron chi connectivity index (χ3n) is 2.45. The summed E-state index contributed by atoms with van der Waals surface area (Å²) in [7, 11) is 0. The molecule has 0 heterocycles. The summed E-state index contributed by atoms with van der Waals surface area (Å²) in [5, 5.41) is 18.6. The zero-order valence-corrected chi connectivity index (χ0v) is 9.33. The highest BCUT2D eigenvalue weighted by Crippen LogP contribution is 2.27. The minimum Gasteiger partial charge on any atom is -0.393 e. The number of nitrogens with zero attached hydrogens (tertiary/aromatic N) is 1. The van der Waals surface area contributed by atoms with Gasteiger partial charge in [-0.1, -0.05) is 34.6 Å². The molecular formula is C11H21NO. The van der Waals surface area contributed by atoms with Crippen molar-refractivity contribution in [2.75, 3.05) is 0 Å².